The van der Waals surface area contributed by atoms with Gasteiger partial charge in [-0.3, -0.25) is 4.90 Å². The van der Waals surface area contributed by atoms with Gasteiger partial charge < -0.3 is 4.74 Å². The molecule has 0 saturated heterocycles. The highest BCUT2D eigenvalue weighted by Crippen LogP contribution is 2.31. The number of aliphatic imine (C=N–C) groups is 1. The summed E-state index contributed by atoms with van der Waals surface area (Å²) in [5, 5.41) is 1.83. The first kappa shape index (κ1) is 16.4. The van der Waals surface area contributed by atoms with E-state index in [2.05, 4.69) is 9.98 Å². The largest absolute Gasteiger partial charge is 0.460 e. The minimum Gasteiger partial charge on any atom is -0.460 e. The number of hydrogen-bond donors (Lipinski definition) is 0. The lowest BCUT2D eigenvalue weighted by atomic mass is 10.2. The van der Waals surface area contributed by atoms with Gasteiger partial charge in [0.2, 0.25) is 0 Å². The highest BCUT2D eigenvalue weighted by Gasteiger charge is 2.20. The van der Waals surface area contributed by atoms with Crippen LogP contribution in [0.25, 0.3) is 10.2 Å². The molecule has 4 nitrogen and oxygen atoms in total. The fraction of sp³-hybridized carbons (Fsp3) is 0.0556. The van der Waals surface area contributed by atoms with Gasteiger partial charge in [0.05, 0.1) is 26.8 Å². The van der Waals surface area contributed by atoms with Crippen molar-refractivity contribution in [2.45, 2.75) is 6.61 Å². The van der Waals surface area contributed by atoms with E-state index in [1.807, 2.05) is 47.9 Å². The van der Waals surface area contributed by atoms with E-state index in [4.69, 9.17) is 27.9 Å². The molecule has 0 amide bonds. The minimum atomic E-state index is 0.332. The van der Waals surface area contributed by atoms with E-state index in [1.165, 1.54) is 0 Å². The number of rotatable bonds is 3. The number of nitrogens with zero attached hydrogens (tertiary/aromatic N) is 3. The first-order valence-electron chi connectivity index (χ1n) is 7.50. The molecule has 2 heterocycles. The predicted octanol–water partition coefficient (Wildman–Crippen LogP) is 5.67. The van der Waals surface area contributed by atoms with Gasteiger partial charge in [-0.2, -0.15) is 0 Å². The van der Waals surface area contributed by atoms with E-state index in [9.17, 15) is 0 Å². The summed E-state index contributed by atoms with van der Waals surface area (Å²) in [6, 6.07) is 13.9. The van der Waals surface area contributed by atoms with Crippen molar-refractivity contribution in [3.8, 4) is 0 Å². The van der Waals surface area contributed by atoms with E-state index in [0.29, 0.717) is 22.7 Å². The SMILES string of the molecule is Clc1ccc(COC2=NC=C[CH]N2c2nc3ccccc3s2)cc1Cl. The van der Waals surface area contributed by atoms with Gasteiger partial charge in [-0.1, -0.05) is 52.7 Å². The third-order valence-corrected chi connectivity index (χ3v) is 5.33. The zero-order valence-corrected chi connectivity index (χ0v) is 15.2. The van der Waals surface area contributed by atoms with Gasteiger partial charge in [0.15, 0.2) is 5.13 Å². The number of para-hydroxylation sites is 1. The number of halogens is 2. The van der Waals surface area contributed by atoms with Crippen molar-refractivity contribution in [1.29, 1.82) is 0 Å². The number of hydrogen-bond acceptors (Lipinski definition) is 5. The number of anilines is 1. The lowest BCUT2D eigenvalue weighted by Gasteiger charge is -2.23. The van der Waals surface area contributed by atoms with Crippen LogP contribution >= 0.6 is 34.5 Å². The predicted molar refractivity (Wildman–Crippen MR) is 104 cm³/mol. The average Bonchev–Trinajstić information content (AvgIpc) is 3.07. The molecule has 1 aromatic heterocycles. The molecule has 0 saturated carbocycles. The van der Waals surface area contributed by atoms with Gasteiger partial charge in [-0.15, -0.1) is 0 Å². The van der Waals surface area contributed by atoms with Crippen LogP contribution in [-0.2, 0) is 11.3 Å². The van der Waals surface area contributed by atoms with Crippen molar-refractivity contribution in [3.63, 3.8) is 0 Å². The molecule has 1 aliphatic rings. The summed E-state index contributed by atoms with van der Waals surface area (Å²) in [6.07, 6.45) is 3.53. The first-order chi connectivity index (χ1) is 12.2. The average molecular weight is 389 g/mol. The summed E-state index contributed by atoms with van der Waals surface area (Å²) in [5.41, 5.74) is 1.87. The van der Waals surface area contributed by atoms with Crippen molar-refractivity contribution >= 4 is 55.9 Å². The third kappa shape index (κ3) is 3.49. The molecule has 0 spiro atoms. The molecule has 7 heteroatoms. The van der Waals surface area contributed by atoms with Gasteiger partial charge >= 0.3 is 0 Å². The van der Waals surface area contributed by atoms with Crippen molar-refractivity contribution in [2.24, 2.45) is 4.99 Å². The van der Waals surface area contributed by atoms with Crippen LogP contribution in [-0.4, -0.2) is 11.0 Å². The van der Waals surface area contributed by atoms with Crippen LogP contribution in [0.5, 0.6) is 0 Å². The maximum atomic E-state index is 6.05. The van der Waals surface area contributed by atoms with Crippen molar-refractivity contribution in [1.82, 2.24) is 4.98 Å². The highest BCUT2D eigenvalue weighted by atomic mass is 35.5. The summed E-state index contributed by atoms with van der Waals surface area (Å²) in [5.74, 6) is 0. The monoisotopic (exact) mass is 388 g/mol. The molecule has 4 rings (SSSR count). The Morgan fingerprint density at radius 1 is 1.08 bits per heavy atom. The lowest BCUT2D eigenvalue weighted by molar-refractivity contribution is 0.285. The topological polar surface area (TPSA) is 37.7 Å². The maximum absolute atomic E-state index is 6.05. The molecule has 125 valence electrons. The number of amidine groups is 1. The first-order valence-corrected chi connectivity index (χ1v) is 9.07. The molecule has 0 N–H and O–H groups in total. The normalized spacial score (nSPS) is 14.0. The Kier molecular flexibility index (Phi) is 4.61. The molecule has 0 unspecified atom stereocenters. The molecular weight excluding hydrogens is 377 g/mol. The summed E-state index contributed by atoms with van der Waals surface area (Å²) in [6.45, 7) is 2.22. The van der Waals surface area contributed by atoms with Gasteiger partial charge in [0, 0.05) is 6.20 Å². The Hall–Kier alpha value is -2.08. The van der Waals surface area contributed by atoms with Crippen LogP contribution in [0.3, 0.4) is 0 Å². The van der Waals surface area contributed by atoms with E-state index in [-0.39, 0.29) is 0 Å². The third-order valence-electron chi connectivity index (χ3n) is 3.55. The second kappa shape index (κ2) is 7.04. The van der Waals surface area contributed by atoms with Crippen LogP contribution in [0.4, 0.5) is 5.13 Å². The van der Waals surface area contributed by atoms with Crippen LogP contribution < -0.4 is 4.90 Å². The number of ether oxygens (including phenoxy) is 1. The van der Waals surface area contributed by atoms with Crippen LogP contribution in [0.1, 0.15) is 5.56 Å². The van der Waals surface area contributed by atoms with E-state index in [0.717, 1.165) is 20.9 Å². The fourth-order valence-corrected chi connectivity index (χ4v) is 3.61. The molecule has 0 fully saturated rings. The molecule has 25 heavy (non-hydrogen) atoms. The lowest BCUT2D eigenvalue weighted by Crippen LogP contribution is -2.31. The van der Waals surface area contributed by atoms with Gasteiger partial charge in [0.1, 0.15) is 6.61 Å². The summed E-state index contributed by atoms with van der Waals surface area (Å²) < 4.78 is 7.00. The summed E-state index contributed by atoms with van der Waals surface area (Å²) in [4.78, 5) is 10.8. The second-order valence-electron chi connectivity index (χ2n) is 5.27. The summed E-state index contributed by atoms with van der Waals surface area (Å²) >= 11 is 13.6. The van der Waals surface area contributed by atoms with Crippen LogP contribution in [0.2, 0.25) is 10.0 Å². The Morgan fingerprint density at radius 2 is 1.96 bits per heavy atom. The fourth-order valence-electron chi connectivity index (χ4n) is 2.35. The standard InChI is InChI=1S/C18H12Cl2N3OS/c19-13-7-6-12(10-14(13)20)11-24-17-21-8-3-9-23(17)18-22-15-4-1-2-5-16(15)25-18/h1-10H,11H2. The number of fused-ring (bicyclic) bond motifs is 1. The Balaban J connectivity index is 1.55. The zero-order valence-electron chi connectivity index (χ0n) is 12.9. The van der Waals surface area contributed by atoms with E-state index < -0.39 is 0 Å². The highest BCUT2D eigenvalue weighted by molar-refractivity contribution is 7.22. The number of thiazole rings is 1. The molecule has 0 aliphatic carbocycles. The zero-order chi connectivity index (χ0) is 17.2. The molecule has 2 aromatic carbocycles. The number of benzene rings is 2. The molecular formula is C18H12Cl2N3OS. The Labute approximate surface area is 159 Å². The minimum absolute atomic E-state index is 0.332. The Bertz CT molecular complexity index is 950. The quantitative estimate of drug-likeness (QED) is 0.579. The van der Waals surface area contributed by atoms with E-state index in [1.54, 1.807) is 29.7 Å². The van der Waals surface area contributed by atoms with Crippen molar-refractivity contribution in [2.75, 3.05) is 4.90 Å². The smallest absolute Gasteiger partial charge is 0.299 e. The van der Waals surface area contributed by atoms with Gasteiger partial charge in [-0.25, -0.2) is 9.98 Å². The van der Waals surface area contributed by atoms with Crippen molar-refractivity contribution in [3.05, 3.63) is 76.9 Å². The van der Waals surface area contributed by atoms with Crippen LogP contribution in [0, 0.1) is 6.54 Å². The van der Waals surface area contributed by atoms with Gasteiger partial charge in [-0.05, 0) is 35.9 Å². The molecule has 0 atom stereocenters. The molecule has 3 aromatic rings. The number of aromatic nitrogens is 1. The summed E-state index contributed by atoms with van der Waals surface area (Å²) in [7, 11) is 0. The molecule has 1 aliphatic heterocycles. The van der Waals surface area contributed by atoms with Crippen LogP contribution in [0.15, 0.2) is 59.7 Å². The van der Waals surface area contributed by atoms with E-state index >= 15 is 0 Å². The maximum Gasteiger partial charge on any atom is 0.299 e. The second-order valence-corrected chi connectivity index (χ2v) is 7.10. The van der Waals surface area contributed by atoms with Crippen molar-refractivity contribution < 1.29 is 4.74 Å². The van der Waals surface area contributed by atoms with Gasteiger partial charge in [0.25, 0.3) is 6.02 Å². The molecule has 1 radical (unpaired) electrons. The Morgan fingerprint density at radius 3 is 2.80 bits per heavy atom. The molecule has 0 bridgehead atoms.